The molecule has 2 aromatic rings. The number of halogens is 1. The number of benzene rings is 1. The summed E-state index contributed by atoms with van der Waals surface area (Å²) in [5.74, 6) is 0. The Bertz CT molecular complexity index is 505. The van der Waals surface area contributed by atoms with Crippen LogP contribution >= 0.6 is 11.6 Å². The zero-order valence-corrected chi connectivity index (χ0v) is 10.1. The average molecular weight is 249 g/mol. The van der Waals surface area contributed by atoms with Gasteiger partial charge in [0.15, 0.2) is 0 Å². The molecule has 1 saturated carbocycles. The SMILES string of the molecule is Clc1cc(-n2cncn2)ccc1CNC1CC1. The molecular weight excluding hydrogens is 236 g/mol. The lowest BCUT2D eigenvalue weighted by Gasteiger charge is -2.07. The molecule has 1 aromatic heterocycles. The van der Waals surface area contributed by atoms with Gasteiger partial charge in [-0.25, -0.2) is 9.67 Å². The Morgan fingerprint density at radius 1 is 1.41 bits per heavy atom. The zero-order chi connectivity index (χ0) is 11.7. The molecule has 1 aliphatic carbocycles. The van der Waals surface area contributed by atoms with Crippen LogP contribution in [-0.2, 0) is 6.54 Å². The first-order chi connectivity index (χ1) is 8.33. The molecule has 1 fully saturated rings. The Labute approximate surface area is 105 Å². The lowest BCUT2D eigenvalue weighted by atomic mass is 10.2. The summed E-state index contributed by atoms with van der Waals surface area (Å²) in [5, 5.41) is 8.29. The van der Waals surface area contributed by atoms with Crippen LogP contribution in [0.4, 0.5) is 0 Å². The van der Waals surface area contributed by atoms with Gasteiger partial charge >= 0.3 is 0 Å². The molecule has 0 saturated heterocycles. The molecule has 0 atom stereocenters. The molecule has 88 valence electrons. The number of aromatic nitrogens is 3. The normalized spacial score (nSPS) is 15.1. The van der Waals surface area contributed by atoms with Crippen molar-refractivity contribution in [3.05, 3.63) is 41.4 Å². The summed E-state index contributed by atoms with van der Waals surface area (Å²) in [5.41, 5.74) is 2.06. The second-order valence-electron chi connectivity index (χ2n) is 4.27. The molecule has 3 rings (SSSR count). The number of hydrogen-bond donors (Lipinski definition) is 1. The van der Waals surface area contributed by atoms with Crippen LogP contribution in [0.3, 0.4) is 0 Å². The van der Waals surface area contributed by atoms with E-state index in [1.165, 1.54) is 19.2 Å². The molecule has 0 aliphatic heterocycles. The zero-order valence-electron chi connectivity index (χ0n) is 9.31. The van der Waals surface area contributed by atoms with Crippen molar-refractivity contribution in [3.63, 3.8) is 0 Å². The van der Waals surface area contributed by atoms with Crippen LogP contribution in [0.5, 0.6) is 0 Å². The lowest BCUT2D eigenvalue weighted by Crippen LogP contribution is -2.15. The molecule has 4 nitrogen and oxygen atoms in total. The van der Waals surface area contributed by atoms with E-state index in [-0.39, 0.29) is 0 Å². The van der Waals surface area contributed by atoms with E-state index in [1.807, 2.05) is 18.2 Å². The summed E-state index contributed by atoms with van der Waals surface area (Å²) in [6, 6.07) is 6.65. The Morgan fingerprint density at radius 2 is 2.29 bits per heavy atom. The molecule has 1 N–H and O–H groups in total. The van der Waals surface area contributed by atoms with E-state index < -0.39 is 0 Å². The van der Waals surface area contributed by atoms with Crippen LogP contribution in [-0.4, -0.2) is 20.8 Å². The number of rotatable bonds is 4. The van der Waals surface area contributed by atoms with Gasteiger partial charge in [0.25, 0.3) is 0 Å². The fourth-order valence-electron chi connectivity index (χ4n) is 1.71. The first-order valence-electron chi connectivity index (χ1n) is 5.70. The molecule has 0 spiro atoms. The highest BCUT2D eigenvalue weighted by atomic mass is 35.5. The van der Waals surface area contributed by atoms with Crippen molar-refractivity contribution in [2.24, 2.45) is 0 Å². The van der Waals surface area contributed by atoms with Gasteiger partial charge in [-0.2, -0.15) is 5.10 Å². The minimum Gasteiger partial charge on any atom is -0.310 e. The van der Waals surface area contributed by atoms with Gasteiger partial charge in [-0.3, -0.25) is 0 Å². The van der Waals surface area contributed by atoms with Gasteiger partial charge in [0, 0.05) is 17.6 Å². The van der Waals surface area contributed by atoms with Gasteiger partial charge in [-0.15, -0.1) is 0 Å². The molecule has 1 aromatic carbocycles. The predicted molar refractivity (Wildman–Crippen MR) is 66.2 cm³/mol. The van der Waals surface area contributed by atoms with Crippen LogP contribution in [0.25, 0.3) is 5.69 Å². The van der Waals surface area contributed by atoms with Gasteiger partial charge in [0.2, 0.25) is 0 Å². The highest BCUT2D eigenvalue weighted by Gasteiger charge is 2.20. The van der Waals surface area contributed by atoms with Crippen molar-refractivity contribution in [1.29, 1.82) is 0 Å². The van der Waals surface area contributed by atoms with Crippen LogP contribution < -0.4 is 5.32 Å². The highest BCUT2D eigenvalue weighted by Crippen LogP contribution is 2.23. The largest absolute Gasteiger partial charge is 0.310 e. The van der Waals surface area contributed by atoms with Gasteiger partial charge in [-0.05, 0) is 30.5 Å². The van der Waals surface area contributed by atoms with Crippen molar-refractivity contribution < 1.29 is 0 Å². The van der Waals surface area contributed by atoms with E-state index in [2.05, 4.69) is 15.4 Å². The van der Waals surface area contributed by atoms with Gasteiger partial charge in [0.1, 0.15) is 12.7 Å². The summed E-state index contributed by atoms with van der Waals surface area (Å²) in [6.45, 7) is 0.834. The van der Waals surface area contributed by atoms with E-state index in [4.69, 9.17) is 11.6 Å². The minimum absolute atomic E-state index is 0.695. The van der Waals surface area contributed by atoms with Crippen LogP contribution in [0.1, 0.15) is 18.4 Å². The molecule has 1 heterocycles. The number of hydrogen-bond acceptors (Lipinski definition) is 3. The fourth-order valence-corrected chi connectivity index (χ4v) is 1.95. The Kier molecular flexibility index (Phi) is 2.82. The second-order valence-corrected chi connectivity index (χ2v) is 4.68. The molecule has 5 heteroatoms. The van der Waals surface area contributed by atoms with Crippen LogP contribution in [0, 0.1) is 0 Å². The summed E-state index contributed by atoms with van der Waals surface area (Å²) in [4.78, 5) is 3.91. The first kappa shape index (κ1) is 10.7. The molecule has 0 radical (unpaired) electrons. The third-order valence-corrected chi connectivity index (χ3v) is 3.23. The summed E-state index contributed by atoms with van der Waals surface area (Å²) in [7, 11) is 0. The second kappa shape index (κ2) is 4.47. The fraction of sp³-hybridized carbons (Fsp3) is 0.333. The van der Waals surface area contributed by atoms with Gasteiger partial charge in [0.05, 0.1) is 5.69 Å². The molecule has 0 unspecified atom stereocenters. The van der Waals surface area contributed by atoms with Gasteiger partial charge in [-0.1, -0.05) is 17.7 Å². The Hall–Kier alpha value is -1.39. The summed E-state index contributed by atoms with van der Waals surface area (Å²) < 4.78 is 1.70. The van der Waals surface area contributed by atoms with Crippen LogP contribution in [0.15, 0.2) is 30.9 Å². The van der Waals surface area contributed by atoms with Crippen molar-refractivity contribution in [2.45, 2.75) is 25.4 Å². The highest BCUT2D eigenvalue weighted by molar-refractivity contribution is 6.31. The molecule has 1 aliphatic rings. The summed E-state index contributed by atoms with van der Waals surface area (Å²) >= 11 is 6.25. The molecule has 0 bridgehead atoms. The Balaban J connectivity index is 1.78. The third-order valence-electron chi connectivity index (χ3n) is 2.88. The number of nitrogens with one attached hydrogen (secondary N) is 1. The smallest absolute Gasteiger partial charge is 0.138 e. The van der Waals surface area contributed by atoms with Gasteiger partial charge < -0.3 is 5.32 Å². The molecule has 0 amide bonds. The molecular formula is C12H13ClN4. The maximum absolute atomic E-state index is 6.25. The van der Waals surface area contributed by atoms with E-state index in [1.54, 1.807) is 11.0 Å². The first-order valence-corrected chi connectivity index (χ1v) is 6.07. The lowest BCUT2D eigenvalue weighted by molar-refractivity contribution is 0.687. The van der Waals surface area contributed by atoms with E-state index in [0.717, 1.165) is 22.8 Å². The minimum atomic E-state index is 0.695. The standard InChI is InChI=1S/C12H13ClN4/c13-12-5-11(17-8-14-7-16-17)4-1-9(12)6-15-10-2-3-10/h1,4-5,7-8,10,15H,2-3,6H2. The van der Waals surface area contributed by atoms with E-state index in [0.29, 0.717) is 6.04 Å². The van der Waals surface area contributed by atoms with Crippen molar-refractivity contribution in [2.75, 3.05) is 0 Å². The van der Waals surface area contributed by atoms with E-state index >= 15 is 0 Å². The number of nitrogens with zero attached hydrogens (tertiary/aromatic N) is 3. The topological polar surface area (TPSA) is 42.7 Å². The Morgan fingerprint density at radius 3 is 2.94 bits per heavy atom. The maximum Gasteiger partial charge on any atom is 0.138 e. The van der Waals surface area contributed by atoms with Crippen molar-refractivity contribution in [3.8, 4) is 5.69 Å². The third kappa shape index (κ3) is 2.48. The summed E-state index contributed by atoms with van der Waals surface area (Å²) in [6.07, 6.45) is 5.74. The average Bonchev–Trinajstić information content (AvgIpc) is 3.00. The molecule has 17 heavy (non-hydrogen) atoms. The predicted octanol–water partition coefficient (Wildman–Crippen LogP) is 2.17. The van der Waals surface area contributed by atoms with E-state index in [9.17, 15) is 0 Å². The maximum atomic E-state index is 6.25. The van der Waals surface area contributed by atoms with Crippen molar-refractivity contribution in [1.82, 2.24) is 20.1 Å². The monoisotopic (exact) mass is 248 g/mol. The van der Waals surface area contributed by atoms with Crippen LogP contribution in [0.2, 0.25) is 5.02 Å². The van der Waals surface area contributed by atoms with Crippen molar-refractivity contribution >= 4 is 11.6 Å². The quantitative estimate of drug-likeness (QED) is 0.902.